The van der Waals surface area contributed by atoms with Crippen molar-refractivity contribution in [1.29, 1.82) is 0 Å². The number of fused-ring (bicyclic) bond motifs is 1. The van der Waals surface area contributed by atoms with Crippen molar-refractivity contribution in [3.63, 3.8) is 0 Å². The molecule has 3 aromatic rings. The Morgan fingerprint density at radius 2 is 2.07 bits per heavy atom. The Morgan fingerprint density at radius 3 is 2.86 bits per heavy atom. The predicted molar refractivity (Wildman–Crippen MR) is 51.9 cm³/mol. The zero-order valence-corrected chi connectivity index (χ0v) is 7.85. The number of hydrogen-bond donors (Lipinski definition) is 0. The third-order valence-electron chi connectivity index (χ3n) is 1.81. The quantitative estimate of drug-likeness (QED) is 0.597. The van der Waals surface area contributed by atoms with Crippen LogP contribution in [0.25, 0.3) is 15.5 Å². The molecule has 0 aliphatic carbocycles. The first kappa shape index (κ1) is 7.57. The van der Waals surface area contributed by atoms with Gasteiger partial charge in [0.25, 0.3) is 0 Å². The minimum atomic E-state index is 0.803. The minimum absolute atomic E-state index is 0.803. The van der Waals surface area contributed by atoms with E-state index >= 15 is 0 Å². The topological polar surface area (TPSA) is 56.0 Å². The van der Waals surface area contributed by atoms with E-state index in [4.69, 9.17) is 0 Å². The molecule has 0 spiro atoms. The van der Waals surface area contributed by atoms with E-state index in [1.165, 1.54) is 11.3 Å². The summed E-state index contributed by atoms with van der Waals surface area (Å²) >= 11 is 1.51. The molecule has 0 atom stereocenters. The van der Waals surface area contributed by atoms with Crippen molar-refractivity contribution in [2.24, 2.45) is 0 Å². The van der Waals surface area contributed by atoms with Gasteiger partial charge < -0.3 is 0 Å². The highest BCUT2D eigenvalue weighted by molar-refractivity contribution is 7.19. The summed E-state index contributed by atoms with van der Waals surface area (Å²) in [4.78, 5) is 4.76. The third-order valence-corrected chi connectivity index (χ3v) is 2.78. The van der Waals surface area contributed by atoms with Crippen molar-refractivity contribution >= 4 is 16.3 Å². The van der Waals surface area contributed by atoms with Gasteiger partial charge in [0.2, 0.25) is 4.96 Å². The maximum absolute atomic E-state index is 4.33. The monoisotopic (exact) mass is 203 g/mol. The van der Waals surface area contributed by atoms with Crippen LogP contribution >= 0.6 is 11.3 Å². The molecule has 0 fully saturated rings. The zero-order chi connectivity index (χ0) is 9.38. The van der Waals surface area contributed by atoms with E-state index in [1.54, 1.807) is 23.2 Å². The molecule has 0 aliphatic rings. The van der Waals surface area contributed by atoms with Gasteiger partial charge in [0.1, 0.15) is 11.3 Å². The van der Waals surface area contributed by atoms with Crippen LogP contribution in [0.5, 0.6) is 0 Å². The summed E-state index contributed by atoms with van der Waals surface area (Å²) < 4.78 is 1.67. The van der Waals surface area contributed by atoms with Crippen LogP contribution in [0, 0.1) is 0 Å². The summed E-state index contributed by atoms with van der Waals surface area (Å²) in [5.41, 5.74) is 1.05. The van der Waals surface area contributed by atoms with E-state index in [9.17, 15) is 0 Å². The average Bonchev–Trinajstić information content (AvgIpc) is 2.78. The Kier molecular flexibility index (Phi) is 1.54. The summed E-state index contributed by atoms with van der Waals surface area (Å²) in [6.45, 7) is 0. The molecule has 0 aromatic carbocycles. The lowest BCUT2D eigenvalue weighted by Crippen LogP contribution is -1.82. The molecular weight excluding hydrogens is 198 g/mol. The molecule has 0 aliphatic heterocycles. The summed E-state index contributed by atoms with van der Waals surface area (Å²) in [6, 6.07) is 3.84. The van der Waals surface area contributed by atoms with Crippen molar-refractivity contribution < 1.29 is 0 Å². The Morgan fingerprint density at radius 1 is 1.21 bits per heavy atom. The van der Waals surface area contributed by atoms with Crippen LogP contribution < -0.4 is 0 Å². The lowest BCUT2D eigenvalue weighted by Gasteiger charge is -1.90. The lowest BCUT2D eigenvalue weighted by molar-refractivity contribution is 0.959. The number of pyridine rings is 1. The predicted octanol–water partition coefficient (Wildman–Crippen LogP) is 1.25. The molecule has 6 heteroatoms. The van der Waals surface area contributed by atoms with Crippen LogP contribution in [0.4, 0.5) is 0 Å². The van der Waals surface area contributed by atoms with Crippen LogP contribution in [-0.4, -0.2) is 24.8 Å². The summed E-state index contributed by atoms with van der Waals surface area (Å²) in [6.07, 6.45) is 5.09. The fraction of sp³-hybridized carbons (Fsp3) is 0. The third kappa shape index (κ3) is 1.08. The zero-order valence-electron chi connectivity index (χ0n) is 7.03. The van der Waals surface area contributed by atoms with Crippen LogP contribution in [-0.2, 0) is 0 Å². The lowest BCUT2D eigenvalue weighted by atomic mass is 10.3. The van der Waals surface area contributed by atoms with Crippen LogP contribution in [0.1, 0.15) is 0 Å². The van der Waals surface area contributed by atoms with E-state index in [-0.39, 0.29) is 0 Å². The summed E-state index contributed by atoms with van der Waals surface area (Å²) in [5, 5.41) is 12.9. The molecule has 14 heavy (non-hydrogen) atoms. The van der Waals surface area contributed by atoms with Crippen molar-refractivity contribution in [2.75, 3.05) is 0 Å². The van der Waals surface area contributed by atoms with Gasteiger partial charge in [-0.15, -0.1) is 10.2 Å². The molecule has 5 nitrogen and oxygen atoms in total. The van der Waals surface area contributed by atoms with E-state index in [0.717, 1.165) is 15.5 Å². The SMILES string of the molecule is c1cc(-c2nn3cnnc3s2)ccn1. The first-order valence-corrected chi connectivity index (χ1v) is 4.82. The molecule has 3 rings (SSSR count). The Labute approximate surface area is 83.1 Å². The molecule has 0 radical (unpaired) electrons. The highest BCUT2D eigenvalue weighted by Gasteiger charge is 2.06. The van der Waals surface area contributed by atoms with Gasteiger partial charge in [-0.1, -0.05) is 11.3 Å². The standard InChI is InChI=1S/C8H5N5S/c1-3-9-4-2-6(1)7-12-13-5-10-11-8(13)14-7/h1-5H. The van der Waals surface area contributed by atoms with Gasteiger partial charge in [-0.3, -0.25) is 4.98 Å². The van der Waals surface area contributed by atoms with Crippen molar-refractivity contribution in [3.8, 4) is 10.6 Å². The minimum Gasteiger partial charge on any atom is -0.265 e. The fourth-order valence-corrected chi connectivity index (χ4v) is 2.00. The first-order valence-electron chi connectivity index (χ1n) is 4.01. The largest absolute Gasteiger partial charge is 0.265 e. The van der Waals surface area contributed by atoms with Gasteiger partial charge in [-0.2, -0.15) is 9.61 Å². The highest BCUT2D eigenvalue weighted by Crippen LogP contribution is 2.23. The Balaban J connectivity index is 2.19. The second-order valence-electron chi connectivity index (χ2n) is 2.70. The Hall–Kier alpha value is -1.82. The van der Waals surface area contributed by atoms with Gasteiger partial charge in [-0.25, -0.2) is 0 Å². The van der Waals surface area contributed by atoms with E-state index in [0.29, 0.717) is 0 Å². The smallest absolute Gasteiger partial charge is 0.234 e. The molecule has 0 N–H and O–H groups in total. The van der Waals surface area contributed by atoms with Crippen LogP contribution in [0.15, 0.2) is 30.9 Å². The average molecular weight is 203 g/mol. The molecule has 3 heterocycles. The van der Waals surface area contributed by atoms with E-state index < -0.39 is 0 Å². The van der Waals surface area contributed by atoms with Crippen molar-refractivity contribution in [2.45, 2.75) is 0 Å². The molecule has 0 saturated heterocycles. The molecule has 0 saturated carbocycles. The molecular formula is C8H5N5S. The number of hydrogen-bond acceptors (Lipinski definition) is 5. The van der Waals surface area contributed by atoms with Gasteiger partial charge in [0.05, 0.1) is 0 Å². The second-order valence-corrected chi connectivity index (χ2v) is 3.66. The number of aromatic nitrogens is 5. The molecule has 68 valence electrons. The van der Waals surface area contributed by atoms with Crippen molar-refractivity contribution in [3.05, 3.63) is 30.9 Å². The van der Waals surface area contributed by atoms with Gasteiger partial charge in [-0.05, 0) is 12.1 Å². The molecule has 3 aromatic heterocycles. The van der Waals surface area contributed by atoms with E-state index in [2.05, 4.69) is 20.3 Å². The number of rotatable bonds is 1. The van der Waals surface area contributed by atoms with Crippen molar-refractivity contribution in [1.82, 2.24) is 24.8 Å². The summed E-state index contributed by atoms with van der Waals surface area (Å²) in [5.74, 6) is 0. The Bertz CT molecular complexity index is 527. The van der Waals surface area contributed by atoms with Crippen LogP contribution in [0.3, 0.4) is 0 Å². The molecule has 0 unspecified atom stereocenters. The van der Waals surface area contributed by atoms with Crippen LogP contribution in [0.2, 0.25) is 0 Å². The first-order chi connectivity index (χ1) is 6.93. The summed E-state index contributed by atoms with van der Waals surface area (Å²) in [7, 11) is 0. The second kappa shape index (κ2) is 2.85. The number of nitrogens with zero attached hydrogens (tertiary/aromatic N) is 5. The highest BCUT2D eigenvalue weighted by atomic mass is 32.1. The molecule has 0 amide bonds. The molecule has 0 bridgehead atoms. The maximum atomic E-state index is 4.33. The van der Waals surface area contributed by atoms with Gasteiger partial charge >= 0.3 is 0 Å². The van der Waals surface area contributed by atoms with Gasteiger partial charge in [0.15, 0.2) is 0 Å². The van der Waals surface area contributed by atoms with Gasteiger partial charge in [0, 0.05) is 18.0 Å². The normalized spacial score (nSPS) is 10.9. The maximum Gasteiger partial charge on any atom is 0.234 e. The van der Waals surface area contributed by atoms with E-state index in [1.807, 2.05) is 12.1 Å². The fourth-order valence-electron chi connectivity index (χ4n) is 1.17.